The average Bonchev–Trinajstić information content (AvgIpc) is 2.60. The number of benzene rings is 1. The number of hydrogen-bond acceptors (Lipinski definition) is 2. The molecule has 1 aromatic heterocycles. The molecule has 90 valence electrons. The van der Waals surface area contributed by atoms with Gasteiger partial charge >= 0.3 is 0 Å². The predicted octanol–water partition coefficient (Wildman–Crippen LogP) is 2.12. The molecule has 17 heavy (non-hydrogen) atoms. The Hall–Kier alpha value is -1.68. The Kier molecular flexibility index (Phi) is 3.24. The average molecular weight is 233 g/mol. The second-order valence-corrected chi connectivity index (χ2v) is 4.32. The van der Waals surface area contributed by atoms with Crippen molar-refractivity contribution in [2.24, 2.45) is 12.8 Å². The summed E-state index contributed by atoms with van der Waals surface area (Å²) in [7, 11) is 1.88. The molecule has 1 unspecified atom stereocenters. The Morgan fingerprint density at radius 3 is 2.88 bits per heavy atom. The van der Waals surface area contributed by atoms with Crippen molar-refractivity contribution in [2.45, 2.75) is 19.4 Å². The van der Waals surface area contributed by atoms with Gasteiger partial charge in [-0.05, 0) is 24.6 Å². The Labute approximate surface area is 100 Å². The minimum Gasteiger partial charge on any atom is -0.328 e. The number of aryl methyl sites for hydroxylation is 1. The maximum Gasteiger partial charge on any atom is 0.123 e. The molecule has 2 N–H and O–H groups in total. The van der Waals surface area contributed by atoms with Crippen molar-refractivity contribution in [3.8, 4) is 11.1 Å². The zero-order valence-electron chi connectivity index (χ0n) is 10.0. The van der Waals surface area contributed by atoms with E-state index in [0.29, 0.717) is 0 Å². The molecule has 4 heteroatoms. The first-order chi connectivity index (χ1) is 8.08. The summed E-state index contributed by atoms with van der Waals surface area (Å²) < 4.78 is 15.0. The van der Waals surface area contributed by atoms with Crippen LogP contribution in [0.2, 0.25) is 0 Å². The van der Waals surface area contributed by atoms with E-state index in [1.165, 1.54) is 12.1 Å². The summed E-state index contributed by atoms with van der Waals surface area (Å²) in [6, 6.07) is 6.59. The lowest BCUT2D eigenvalue weighted by molar-refractivity contribution is 0.628. The molecule has 0 aliphatic heterocycles. The van der Waals surface area contributed by atoms with Gasteiger partial charge in [0.1, 0.15) is 5.82 Å². The van der Waals surface area contributed by atoms with Crippen LogP contribution < -0.4 is 5.73 Å². The molecule has 2 rings (SSSR count). The Morgan fingerprint density at radius 1 is 1.47 bits per heavy atom. The van der Waals surface area contributed by atoms with Crippen molar-refractivity contribution < 1.29 is 4.39 Å². The van der Waals surface area contributed by atoms with Crippen LogP contribution in [-0.2, 0) is 13.5 Å². The first kappa shape index (κ1) is 11.8. The van der Waals surface area contributed by atoms with Gasteiger partial charge in [-0.25, -0.2) is 4.39 Å². The SMILES string of the molecule is CC(N)Cc1c(-c2cccc(F)c2)cnn1C. The molecule has 0 radical (unpaired) electrons. The summed E-state index contributed by atoms with van der Waals surface area (Å²) in [5.74, 6) is -0.238. The third-order valence-electron chi connectivity index (χ3n) is 2.71. The fourth-order valence-electron chi connectivity index (χ4n) is 1.91. The lowest BCUT2D eigenvalue weighted by Gasteiger charge is -2.09. The van der Waals surface area contributed by atoms with Crippen LogP contribution in [-0.4, -0.2) is 15.8 Å². The van der Waals surface area contributed by atoms with Crippen LogP contribution in [0, 0.1) is 5.82 Å². The van der Waals surface area contributed by atoms with E-state index in [1.54, 1.807) is 16.9 Å². The number of rotatable bonds is 3. The van der Waals surface area contributed by atoms with E-state index in [0.717, 1.165) is 23.2 Å². The lowest BCUT2D eigenvalue weighted by Crippen LogP contribution is -2.20. The monoisotopic (exact) mass is 233 g/mol. The maximum atomic E-state index is 13.2. The second kappa shape index (κ2) is 4.67. The van der Waals surface area contributed by atoms with Crippen LogP contribution in [0.1, 0.15) is 12.6 Å². The highest BCUT2D eigenvalue weighted by Gasteiger charge is 2.12. The summed E-state index contributed by atoms with van der Waals surface area (Å²) in [6.07, 6.45) is 2.48. The molecular formula is C13H16FN3. The van der Waals surface area contributed by atoms with Crippen LogP contribution in [0.15, 0.2) is 30.5 Å². The molecule has 2 aromatic rings. The van der Waals surface area contributed by atoms with Crippen LogP contribution in [0.4, 0.5) is 4.39 Å². The quantitative estimate of drug-likeness (QED) is 0.882. The lowest BCUT2D eigenvalue weighted by atomic mass is 10.0. The van der Waals surface area contributed by atoms with Crippen molar-refractivity contribution >= 4 is 0 Å². The summed E-state index contributed by atoms with van der Waals surface area (Å²) in [5.41, 5.74) is 8.64. The van der Waals surface area contributed by atoms with E-state index in [9.17, 15) is 4.39 Å². The van der Waals surface area contributed by atoms with Gasteiger partial charge in [0.2, 0.25) is 0 Å². The molecule has 1 heterocycles. The van der Waals surface area contributed by atoms with Gasteiger partial charge in [-0.1, -0.05) is 12.1 Å². The minimum atomic E-state index is -0.238. The zero-order chi connectivity index (χ0) is 12.4. The van der Waals surface area contributed by atoms with E-state index in [1.807, 2.05) is 20.0 Å². The van der Waals surface area contributed by atoms with Crippen molar-refractivity contribution in [2.75, 3.05) is 0 Å². The standard InChI is InChI=1S/C13H16FN3/c1-9(15)6-13-12(8-16-17(13)2)10-4-3-5-11(14)7-10/h3-5,7-9H,6,15H2,1-2H3. The van der Waals surface area contributed by atoms with Gasteiger partial charge in [0.05, 0.1) is 6.20 Å². The largest absolute Gasteiger partial charge is 0.328 e. The van der Waals surface area contributed by atoms with Crippen molar-refractivity contribution in [3.05, 3.63) is 42.0 Å². The van der Waals surface area contributed by atoms with Gasteiger partial charge in [0.25, 0.3) is 0 Å². The highest BCUT2D eigenvalue weighted by Crippen LogP contribution is 2.24. The van der Waals surface area contributed by atoms with Crippen LogP contribution in [0.3, 0.4) is 0 Å². The molecule has 1 aromatic carbocycles. The van der Waals surface area contributed by atoms with E-state index in [2.05, 4.69) is 5.10 Å². The van der Waals surface area contributed by atoms with Crippen molar-refractivity contribution in [1.82, 2.24) is 9.78 Å². The summed E-state index contributed by atoms with van der Waals surface area (Å²) in [5, 5.41) is 4.21. The first-order valence-corrected chi connectivity index (χ1v) is 5.60. The molecule has 0 spiro atoms. The Bertz CT molecular complexity index is 517. The maximum absolute atomic E-state index is 13.2. The van der Waals surface area contributed by atoms with E-state index >= 15 is 0 Å². The Morgan fingerprint density at radius 2 is 2.24 bits per heavy atom. The molecule has 0 saturated heterocycles. The third-order valence-corrected chi connectivity index (χ3v) is 2.71. The van der Waals surface area contributed by atoms with Gasteiger partial charge in [-0.3, -0.25) is 4.68 Å². The van der Waals surface area contributed by atoms with Gasteiger partial charge in [-0.15, -0.1) is 0 Å². The van der Waals surface area contributed by atoms with Crippen molar-refractivity contribution in [1.29, 1.82) is 0 Å². The van der Waals surface area contributed by atoms with Gasteiger partial charge in [0, 0.05) is 30.8 Å². The topological polar surface area (TPSA) is 43.8 Å². The Balaban J connectivity index is 2.45. The third kappa shape index (κ3) is 2.53. The number of nitrogens with two attached hydrogens (primary N) is 1. The van der Waals surface area contributed by atoms with E-state index < -0.39 is 0 Å². The summed E-state index contributed by atoms with van der Waals surface area (Å²) >= 11 is 0. The highest BCUT2D eigenvalue weighted by molar-refractivity contribution is 5.65. The second-order valence-electron chi connectivity index (χ2n) is 4.32. The molecule has 1 atom stereocenters. The number of aromatic nitrogens is 2. The molecule has 0 aliphatic carbocycles. The smallest absolute Gasteiger partial charge is 0.123 e. The van der Waals surface area contributed by atoms with Gasteiger partial charge in [0.15, 0.2) is 0 Å². The van der Waals surface area contributed by atoms with E-state index in [4.69, 9.17) is 5.73 Å². The summed E-state index contributed by atoms with van der Waals surface area (Å²) in [6.45, 7) is 1.95. The fraction of sp³-hybridized carbons (Fsp3) is 0.308. The zero-order valence-corrected chi connectivity index (χ0v) is 10.0. The van der Waals surface area contributed by atoms with Gasteiger partial charge < -0.3 is 5.73 Å². The molecule has 0 saturated carbocycles. The highest BCUT2D eigenvalue weighted by atomic mass is 19.1. The van der Waals surface area contributed by atoms with Crippen molar-refractivity contribution in [3.63, 3.8) is 0 Å². The van der Waals surface area contributed by atoms with Crippen LogP contribution in [0.5, 0.6) is 0 Å². The minimum absolute atomic E-state index is 0.0534. The first-order valence-electron chi connectivity index (χ1n) is 5.60. The molecule has 0 bridgehead atoms. The molecular weight excluding hydrogens is 217 g/mol. The molecule has 3 nitrogen and oxygen atoms in total. The number of hydrogen-bond donors (Lipinski definition) is 1. The van der Waals surface area contributed by atoms with Crippen LogP contribution >= 0.6 is 0 Å². The predicted molar refractivity (Wildman–Crippen MR) is 66.0 cm³/mol. The van der Waals surface area contributed by atoms with Gasteiger partial charge in [-0.2, -0.15) is 5.10 Å². The number of halogens is 1. The normalized spacial score (nSPS) is 12.7. The van der Waals surface area contributed by atoms with E-state index in [-0.39, 0.29) is 11.9 Å². The molecule has 0 amide bonds. The fourth-order valence-corrected chi connectivity index (χ4v) is 1.91. The molecule has 0 aliphatic rings. The molecule has 0 fully saturated rings. The summed E-state index contributed by atoms with van der Waals surface area (Å²) in [4.78, 5) is 0. The van der Waals surface area contributed by atoms with Crippen LogP contribution in [0.25, 0.3) is 11.1 Å². The number of nitrogens with zero attached hydrogens (tertiary/aromatic N) is 2.